The molecule has 92 valence electrons. The lowest BCUT2D eigenvalue weighted by Crippen LogP contribution is -2.07. The van der Waals surface area contributed by atoms with Crippen LogP contribution < -0.4 is 0 Å². The molecule has 0 saturated heterocycles. The molecule has 0 heterocycles. The van der Waals surface area contributed by atoms with E-state index in [9.17, 15) is 0 Å². The summed E-state index contributed by atoms with van der Waals surface area (Å²) in [5.74, 6) is 0.456. The van der Waals surface area contributed by atoms with E-state index in [-0.39, 0.29) is 0 Å². The third kappa shape index (κ3) is 1.78. The summed E-state index contributed by atoms with van der Waals surface area (Å²) in [4.78, 5) is 0. The van der Waals surface area contributed by atoms with Gasteiger partial charge in [0.25, 0.3) is 0 Å². The number of allylic oxidation sites excluding steroid dienone is 12. The van der Waals surface area contributed by atoms with Crippen molar-refractivity contribution in [3.8, 4) is 0 Å². The molecular weight excluding hydrogens is 216 g/mol. The van der Waals surface area contributed by atoms with Crippen molar-refractivity contribution in [3.63, 3.8) is 0 Å². The molecule has 0 fully saturated rings. The standard InChI is InChI=1S/C18H20/c1-5-10-16-14(7-3)17-12-9-11-13(6-2)18(17)15(16)8-4/h5-11,17H,3-4,12H2,1-2H3/b10-5-,13-6-. The maximum absolute atomic E-state index is 3.99. The van der Waals surface area contributed by atoms with Crippen molar-refractivity contribution in [2.75, 3.05) is 0 Å². The fourth-order valence-corrected chi connectivity index (χ4v) is 2.93. The van der Waals surface area contributed by atoms with Crippen LogP contribution in [0, 0.1) is 5.92 Å². The van der Waals surface area contributed by atoms with Crippen LogP contribution in [-0.2, 0) is 0 Å². The van der Waals surface area contributed by atoms with Crippen LogP contribution >= 0.6 is 0 Å². The van der Waals surface area contributed by atoms with Gasteiger partial charge in [0, 0.05) is 5.92 Å². The summed E-state index contributed by atoms with van der Waals surface area (Å²) < 4.78 is 0. The van der Waals surface area contributed by atoms with E-state index in [1.165, 1.54) is 27.9 Å². The maximum Gasteiger partial charge on any atom is 0.0142 e. The second-order valence-corrected chi connectivity index (χ2v) is 4.54. The number of hydrogen-bond acceptors (Lipinski definition) is 0. The van der Waals surface area contributed by atoms with Gasteiger partial charge in [-0.2, -0.15) is 0 Å². The highest BCUT2D eigenvalue weighted by molar-refractivity contribution is 5.68. The van der Waals surface area contributed by atoms with Crippen molar-refractivity contribution in [1.29, 1.82) is 0 Å². The first-order valence-corrected chi connectivity index (χ1v) is 6.48. The summed E-state index contributed by atoms with van der Waals surface area (Å²) in [7, 11) is 0. The largest absolute Gasteiger partial charge is 0.0987 e. The zero-order valence-corrected chi connectivity index (χ0v) is 11.2. The number of rotatable bonds is 3. The molecule has 0 heteroatoms. The van der Waals surface area contributed by atoms with Crippen LogP contribution in [0.2, 0.25) is 0 Å². The van der Waals surface area contributed by atoms with Crippen LogP contribution in [0.4, 0.5) is 0 Å². The Bertz CT molecular complexity index is 530. The van der Waals surface area contributed by atoms with Crippen LogP contribution in [-0.4, -0.2) is 0 Å². The van der Waals surface area contributed by atoms with Gasteiger partial charge in [-0.3, -0.25) is 0 Å². The molecule has 0 nitrogen and oxygen atoms in total. The summed E-state index contributed by atoms with van der Waals surface area (Å²) in [5.41, 5.74) is 6.62. The highest BCUT2D eigenvalue weighted by Crippen LogP contribution is 2.46. The summed E-state index contributed by atoms with van der Waals surface area (Å²) in [6.45, 7) is 12.1. The Morgan fingerprint density at radius 1 is 1.17 bits per heavy atom. The topological polar surface area (TPSA) is 0 Å². The third-order valence-corrected chi connectivity index (χ3v) is 3.66. The third-order valence-electron chi connectivity index (χ3n) is 3.66. The van der Waals surface area contributed by atoms with Crippen molar-refractivity contribution >= 4 is 0 Å². The Hall–Kier alpha value is -1.82. The zero-order chi connectivity index (χ0) is 13.1. The fraction of sp³-hybridized carbons (Fsp3) is 0.222. The van der Waals surface area contributed by atoms with Gasteiger partial charge in [0.05, 0.1) is 0 Å². The Balaban J connectivity index is 2.68. The molecule has 1 atom stereocenters. The minimum atomic E-state index is 0.456. The van der Waals surface area contributed by atoms with E-state index in [2.05, 4.69) is 57.4 Å². The second-order valence-electron chi connectivity index (χ2n) is 4.54. The Morgan fingerprint density at radius 2 is 1.94 bits per heavy atom. The lowest BCUT2D eigenvalue weighted by Gasteiger charge is -2.21. The smallest absolute Gasteiger partial charge is 0.0142 e. The minimum Gasteiger partial charge on any atom is -0.0987 e. The van der Waals surface area contributed by atoms with Gasteiger partial charge in [-0.15, -0.1) is 0 Å². The molecule has 0 aliphatic heterocycles. The first kappa shape index (κ1) is 12.6. The van der Waals surface area contributed by atoms with Gasteiger partial charge >= 0.3 is 0 Å². The van der Waals surface area contributed by atoms with Gasteiger partial charge in [-0.1, -0.05) is 55.7 Å². The van der Waals surface area contributed by atoms with Gasteiger partial charge in [0.2, 0.25) is 0 Å². The molecule has 1 unspecified atom stereocenters. The molecular formula is C18H20. The Kier molecular flexibility index (Phi) is 3.66. The zero-order valence-electron chi connectivity index (χ0n) is 11.2. The molecule has 0 aromatic rings. The summed E-state index contributed by atoms with van der Waals surface area (Å²) in [5, 5.41) is 0. The maximum atomic E-state index is 3.99. The molecule has 2 rings (SSSR count). The van der Waals surface area contributed by atoms with E-state index in [1.807, 2.05) is 12.2 Å². The molecule has 2 aliphatic carbocycles. The van der Waals surface area contributed by atoms with Crippen molar-refractivity contribution in [1.82, 2.24) is 0 Å². The molecule has 0 amide bonds. The first-order chi connectivity index (χ1) is 8.78. The lowest BCUT2D eigenvalue weighted by atomic mass is 9.82. The van der Waals surface area contributed by atoms with E-state index in [0.717, 1.165) is 6.42 Å². The highest BCUT2D eigenvalue weighted by Gasteiger charge is 2.31. The van der Waals surface area contributed by atoms with E-state index >= 15 is 0 Å². The number of fused-ring (bicyclic) bond motifs is 1. The van der Waals surface area contributed by atoms with Crippen LogP contribution in [0.1, 0.15) is 20.3 Å². The lowest BCUT2D eigenvalue weighted by molar-refractivity contribution is 0.752. The Morgan fingerprint density at radius 3 is 2.50 bits per heavy atom. The highest BCUT2D eigenvalue weighted by atomic mass is 14.3. The van der Waals surface area contributed by atoms with Crippen molar-refractivity contribution < 1.29 is 0 Å². The van der Waals surface area contributed by atoms with Crippen LogP contribution in [0.15, 0.2) is 83.6 Å². The molecule has 2 aliphatic rings. The van der Waals surface area contributed by atoms with Gasteiger partial charge < -0.3 is 0 Å². The minimum absolute atomic E-state index is 0.456. The summed E-state index contributed by atoms with van der Waals surface area (Å²) >= 11 is 0. The van der Waals surface area contributed by atoms with Gasteiger partial charge in [-0.25, -0.2) is 0 Å². The Labute approximate surface area is 110 Å². The quantitative estimate of drug-likeness (QED) is 0.642. The molecule has 0 bridgehead atoms. The van der Waals surface area contributed by atoms with Crippen LogP contribution in [0.25, 0.3) is 0 Å². The SMILES string of the molecule is C=CC1=C2/C(=C\C)C=CCC2C(C=C)=C1/C=C\C. The summed E-state index contributed by atoms with van der Waals surface area (Å²) in [6.07, 6.45) is 16.0. The molecule has 0 spiro atoms. The molecule has 0 N–H and O–H groups in total. The van der Waals surface area contributed by atoms with E-state index in [4.69, 9.17) is 0 Å². The molecule has 0 aromatic heterocycles. The summed E-state index contributed by atoms with van der Waals surface area (Å²) in [6, 6.07) is 0. The molecule has 0 radical (unpaired) electrons. The molecule has 0 saturated carbocycles. The van der Waals surface area contributed by atoms with E-state index < -0.39 is 0 Å². The fourth-order valence-electron chi connectivity index (χ4n) is 2.93. The average molecular weight is 236 g/mol. The van der Waals surface area contributed by atoms with Crippen molar-refractivity contribution in [2.24, 2.45) is 5.92 Å². The van der Waals surface area contributed by atoms with Crippen LogP contribution in [0.5, 0.6) is 0 Å². The van der Waals surface area contributed by atoms with Gasteiger partial charge in [-0.05, 0) is 48.1 Å². The average Bonchev–Trinajstić information content (AvgIpc) is 2.71. The normalized spacial score (nSPS) is 25.2. The van der Waals surface area contributed by atoms with E-state index in [0.29, 0.717) is 5.92 Å². The van der Waals surface area contributed by atoms with Crippen LogP contribution in [0.3, 0.4) is 0 Å². The second kappa shape index (κ2) is 5.22. The monoisotopic (exact) mass is 236 g/mol. The molecule has 0 aromatic carbocycles. The predicted octanol–water partition coefficient (Wildman–Crippen LogP) is 5.06. The van der Waals surface area contributed by atoms with Crippen molar-refractivity contribution in [3.05, 3.63) is 83.6 Å². The number of hydrogen-bond donors (Lipinski definition) is 0. The first-order valence-electron chi connectivity index (χ1n) is 6.48. The van der Waals surface area contributed by atoms with Crippen molar-refractivity contribution in [2.45, 2.75) is 20.3 Å². The molecule has 18 heavy (non-hydrogen) atoms. The van der Waals surface area contributed by atoms with Gasteiger partial charge in [0.15, 0.2) is 0 Å². The predicted molar refractivity (Wildman–Crippen MR) is 80.3 cm³/mol. The van der Waals surface area contributed by atoms with Gasteiger partial charge in [0.1, 0.15) is 0 Å². The van der Waals surface area contributed by atoms with E-state index in [1.54, 1.807) is 0 Å².